The first-order valence-corrected chi connectivity index (χ1v) is 11.1. The van der Waals surface area contributed by atoms with Crippen molar-refractivity contribution in [2.75, 3.05) is 18.2 Å². The van der Waals surface area contributed by atoms with Crippen LogP contribution in [0, 0.1) is 13.8 Å². The average molecular weight is 454 g/mol. The largest absolute Gasteiger partial charge is 0.495 e. The van der Waals surface area contributed by atoms with E-state index in [0.717, 1.165) is 11.1 Å². The molecule has 0 spiro atoms. The van der Waals surface area contributed by atoms with Gasteiger partial charge in [-0.05, 0) is 50.6 Å². The number of hydrogen-bond donors (Lipinski definition) is 2. The number of carbonyl (C=O) groups excluding carboxylic acids is 2. The van der Waals surface area contributed by atoms with E-state index in [1.165, 1.54) is 11.8 Å². The van der Waals surface area contributed by atoms with Gasteiger partial charge in [0.05, 0.1) is 24.6 Å². The molecule has 2 aromatic carbocycles. The number of carbonyl (C=O) groups is 2. The molecule has 32 heavy (non-hydrogen) atoms. The molecule has 9 heteroatoms. The predicted molar refractivity (Wildman–Crippen MR) is 125 cm³/mol. The van der Waals surface area contributed by atoms with Crippen LogP contribution in [0.4, 0.5) is 5.69 Å². The van der Waals surface area contributed by atoms with E-state index in [1.54, 1.807) is 23.8 Å². The Kier molecular flexibility index (Phi) is 7.53. The van der Waals surface area contributed by atoms with E-state index in [2.05, 4.69) is 20.8 Å². The Labute approximate surface area is 191 Å². The predicted octanol–water partition coefficient (Wildman–Crippen LogP) is 3.66. The van der Waals surface area contributed by atoms with Crippen molar-refractivity contribution < 1.29 is 14.3 Å². The molecule has 3 rings (SSSR count). The molecule has 168 valence electrons. The number of amides is 2. The molecule has 8 nitrogen and oxygen atoms in total. The molecule has 0 unspecified atom stereocenters. The maximum absolute atomic E-state index is 12.5. The van der Waals surface area contributed by atoms with Crippen molar-refractivity contribution in [1.29, 1.82) is 0 Å². The second-order valence-electron chi connectivity index (χ2n) is 7.50. The number of benzene rings is 2. The Morgan fingerprint density at radius 3 is 2.47 bits per heavy atom. The van der Waals surface area contributed by atoms with Gasteiger partial charge in [-0.2, -0.15) is 0 Å². The number of anilines is 1. The zero-order chi connectivity index (χ0) is 23.3. The normalized spacial score (nSPS) is 11.7. The lowest BCUT2D eigenvalue weighted by molar-refractivity contribution is -0.113. The maximum atomic E-state index is 12.5. The van der Waals surface area contributed by atoms with Gasteiger partial charge in [-0.1, -0.05) is 35.5 Å². The summed E-state index contributed by atoms with van der Waals surface area (Å²) in [5, 5.41) is 14.8. The summed E-state index contributed by atoms with van der Waals surface area (Å²) in [6, 6.07) is 12.6. The summed E-state index contributed by atoms with van der Waals surface area (Å²) in [6.07, 6.45) is 0. The van der Waals surface area contributed by atoms with Gasteiger partial charge in [0, 0.05) is 12.6 Å². The van der Waals surface area contributed by atoms with E-state index in [-0.39, 0.29) is 23.6 Å². The fourth-order valence-corrected chi connectivity index (χ4v) is 3.83. The van der Waals surface area contributed by atoms with Gasteiger partial charge in [0.15, 0.2) is 11.0 Å². The van der Waals surface area contributed by atoms with Crippen molar-refractivity contribution in [2.24, 2.45) is 7.05 Å². The minimum Gasteiger partial charge on any atom is -0.495 e. The summed E-state index contributed by atoms with van der Waals surface area (Å²) in [5.41, 5.74) is 3.33. The summed E-state index contributed by atoms with van der Waals surface area (Å²) in [6.45, 7) is 5.77. The van der Waals surface area contributed by atoms with E-state index in [9.17, 15) is 9.59 Å². The highest BCUT2D eigenvalue weighted by atomic mass is 32.2. The molecule has 0 saturated heterocycles. The molecule has 0 saturated carbocycles. The number of hydrogen-bond acceptors (Lipinski definition) is 6. The van der Waals surface area contributed by atoms with Crippen LogP contribution in [0.5, 0.6) is 5.75 Å². The third kappa shape index (κ3) is 5.67. The minimum absolute atomic E-state index is 0.160. The van der Waals surface area contributed by atoms with Crippen molar-refractivity contribution in [1.82, 2.24) is 20.1 Å². The quantitative estimate of drug-likeness (QED) is 0.505. The van der Waals surface area contributed by atoms with Gasteiger partial charge in [0.2, 0.25) is 5.91 Å². The zero-order valence-corrected chi connectivity index (χ0v) is 19.6. The second kappa shape index (κ2) is 10.3. The summed E-state index contributed by atoms with van der Waals surface area (Å²) in [7, 11) is 3.38. The SMILES string of the molecule is COc1ccc(C)cc1NC(=O)CSc1nnc([C@H](C)NC(=O)c2ccc(C)cc2)n1C. The molecular weight excluding hydrogens is 426 g/mol. The third-order valence-electron chi connectivity index (χ3n) is 4.88. The van der Waals surface area contributed by atoms with Gasteiger partial charge in [-0.15, -0.1) is 10.2 Å². The van der Waals surface area contributed by atoms with Crippen molar-refractivity contribution >= 4 is 29.3 Å². The van der Waals surface area contributed by atoms with Crippen LogP contribution in [0.15, 0.2) is 47.6 Å². The monoisotopic (exact) mass is 453 g/mol. The number of nitrogens with zero attached hydrogens (tertiary/aromatic N) is 3. The molecule has 0 fully saturated rings. The lowest BCUT2D eigenvalue weighted by Gasteiger charge is -2.14. The smallest absolute Gasteiger partial charge is 0.251 e. The Balaban J connectivity index is 1.59. The van der Waals surface area contributed by atoms with Gasteiger partial charge in [-0.25, -0.2) is 0 Å². The van der Waals surface area contributed by atoms with E-state index in [0.29, 0.717) is 28.0 Å². The van der Waals surface area contributed by atoms with E-state index in [1.807, 2.05) is 58.2 Å². The molecule has 0 radical (unpaired) electrons. The highest BCUT2D eigenvalue weighted by molar-refractivity contribution is 7.99. The van der Waals surface area contributed by atoms with Crippen LogP contribution < -0.4 is 15.4 Å². The van der Waals surface area contributed by atoms with Gasteiger partial charge >= 0.3 is 0 Å². The van der Waals surface area contributed by atoms with Crippen LogP contribution in [0.3, 0.4) is 0 Å². The molecule has 1 heterocycles. The lowest BCUT2D eigenvalue weighted by atomic mass is 10.1. The van der Waals surface area contributed by atoms with Gasteiger partial charge < -0.3 is 19.9 Å². The zero-order valence-electron chi connectivity index (χ0n) is 18.8. The van der Waals surface area contributed by atoms with Crippen LogP contribution in [0.1, 0.15) is 40.3 Å². The first-order chi connectivity index (χ1) is 15.3. The van der Waals surface area contributed by atoms with Crippen LogP contribution >= 0.6 is 11.8 Å². The summed E-state index contributed by atoms with van der Waals surface area (Å²) >= 11 is 1.27. The third-order valence-corrected chi connectivity index (χ3v) is 5.90. The molecular formula is C23H27N5O3S. The number of thioether (sulfide) groups is 1. The Bertz CT molecular complexity index is 1110. The molecule has 2 N–H and O–H groups in total. The number of rotatable bonds is 8. The Morgan fingerprint density at radius 2 is 1.78 bits per heavy atom. The van der Waals surface area contributed by atoms with Crippen molar-refractivity contribution in [2.45, 2.75) is 32.0 Å². The van der Waals surface area contributed by atoms with Crippen molar-refractivity contribution in [3.05, 3.63) is 65.0 Å². The molecule has 2 amide bonds. The van der Waals surface area contributed by atoms with Gasteiger partial charge in [0.25, 0.3) is 5.91 Å². The van der Waals surface area contributed by atoms with Crippen molar-refractivity contribution in [3.8, 4) is 5.75 Å². The number of methoxy groups -OCH3 is 1. The first kappa shape index (κ1) is 23.3. The van der Waals surface area contributed by atoms with Crippen LogP contribution in [-0.2, 0) is 11.8 Å². The first-order valence-electron chi connectivity index (χ1n) is 10.1. The number of aryl methyl sites for hydroxylation is 2. The molecule has 0 aliphatic rings. The molecule has 0 aliphatic carbocycles. The van der Waals surface area contributed by atoms with Gasteiger partial charge in [0.1, 0.15) is 5.75 Å². The number of ether oxygens (including phenoxy) is 1. The Hall–Kier alpha value is -3.33. The fraction of sp³-hybridized carbons (Fsp3) is 0.304. The average Bonchev–Trinajstić information content (AvgIpc) is 3.13. The lowest BCUT2D eigenvalue weighted by Crippen LogP contribution is -2.28. The topological polar surface area (TPSA) is 98.1 Å². The highest BCUT2D eigenvalue weighted by Crippen LogP contribution is 2.26. The minimum atomic E-state index is -0.346. The van der Waals surface area contributed by atoms with Crippen molar-refractivity contribution in [3.63, 3.8) is 0 Å². The fourth-order valence-electron chi connectivity index (χ4n) is 3.11. The molecule has 1 atom stereocenters. The van der Waals surface area contributed by atoms with Crippen LogP contribution in [0.2, 0.25) is 0 Å². The number of nitrogens with one attached hydrogen (secondary N) is 2. The summed E-state index contributed by atoms with van der Waals surface area (Å²) in [5.74, 6) is 1.01. The summed E-state index contributed by atoms with van der Waals surface area (Å²) in [4.78, 5) is 24.9. The highest BCUT2D eigenvalue weighted by Gasteiger charge is 2.19. The molecule has 3 aromatic rings. The van der Waals surface area contributed by atoms with E-state index < -0.39 is 0 Å². The molecule has 0 bridgehead atoms. The second-order valence-corrected chi connectivity index (χ2v) is 8.44. The Morgan fingerprint density at radius 1 is 1.09 bits per heavy atom. The molecule has 1 aromatic heterocycles. The van der Waals surface area contributed by atoms with E-state index >= 15 is 0 Å². The number of aromatic nitrogens is 3. The molecule has 0 aliphatic heterocycles. The summed E-state index contributed by atoms with van der Waals surface area (Å²) < 4.78 is 7.08. The van der Waals surface area contributed by atoms with E-state index in [4.69, 9.17) is 4.74 Å². The van der Waals surface area contributed by atoms with Crippen LogP contribution in [0.25, 0.3) is 0 Å². The van der Waals surface area contributed by atoms with Gasteiger partial charge in [-0.3, -0.25) is 9.59 Å². The van der Waals surface area contributed by atoms with Crippen LogP contribution in [-0.4, -0.2) is 39.4 Å². The maximum Gasteiger partial charge on any atom is 0.251 e. The standard InChI is InChI=1S/C23H27N5O3S/c1-14-6-9-17(10-7-14)22(30)24-16(3)21-26-27-23(28(21)4)32-13-20(29)25-18-12-15(2)8-11-19(18)31-5/h6-12,16H,13H2,1-5H3,(H,24,30)(H,25,29)/t16-/m0/s1.